The molecule has 5 rings (SSSR count). The third-order valence-electron chi connectivity index (χ3n) is 5.37. The van der Waals surface area contributed by atoms with E-state index in [4.69, 9.17) is 9.47 Å². The van der Waals surface area contributed by atoms with E-state index in [1.807, 2.05) is 49.5 Å². The molecule has 8 nitrogen and oxygen atoms in total. The molecule has 2 aliphatic rings. The van der Waals surface area contributed by atoms with Crippen LogP contribution in [0.15, 0.2) is 53.8 Å². The summed E-state index contributed by atoms with van der Waals surface area (Å²) in [5.74, 6) is 1.32. The SMILES string of the molecule is CCn1c(-c2ccc3c(c2)OCCO3)cnc1SCC(=O)N1CC(=O)Nc2ccccc21. The molecule has 164 valence electrons. The number of carbonyl (C=O) groups excluding carboxylic acids is 2. The first-order valence-corrected chi connectivity index (χ1v) is 11.4. The third-order valence-corrected chi connectivity index (χ3v) is 6.34. The molecule has 0 aliphatic carbocycles. The minimum Gasteiger partial charge on any atom is -0.486 e. The van der Waals surface area contributed by atoms with Crippen molar-refractivity contribution in [1.82, 2.24) is 9.55 Å². The molecular weight excluding hydrogens is 428 g/mol. The molecule has 0 spiro atoms. The first-order valence-electron chi connectivity index (χ1n) is 10.4. The minimum absolute atomic E-state index is 0.0150. The predicted molar refractivity (Wildman–Crippen MR) is 122 cm³/mol. The van der Waals surface area contributed by atoms with Crippen LogP contribution in [0.1, 0.15) is 6.92 Å². The molecule has 32 heavy (non-hydrogen) atoms. The van der Waals surface area contributed by atoms with Crippen molar-refractivity contribution >= 4 is 35.0 Å². The number of rotatable bonds is 5. The number of thioether (sulfide) groups is 1. The Morgan fingerprint density at radius 1 is 1.16 bits per heavy atom. The Morgan fingerprint density at radius 3 is 2.81 bits per heavy atom. The number of anilines is 2. The van der Waals surface area contributed by atoms with E-state index in [9.17, 15) is 9.59 Å². The van der Waals surface area contributed by atoms with Gasteiger partial charge >= 0.3 is 0 Å². The van der Waals surface area contributed by atoms with E-state index in [-0.39, 0.29) is 24.1 Å². The number of benzene rings is 2. The van der Waals surface area contributed by atoms with Gasteiger partial charge in [-0.05, 0) is 37.3 Å². The third kappa shape index (κ3) is 3.80. The van der Waals surface area contributed by atoms with E-state index in [1.165, 1.54) is 16.7 Å². The molecule has 1 N–H and O–H groups in total. The number of aromatic nitrogens is 2. The largest absolute Gasteiger partial charge is 0.486 e. The Morgan fingerprint density at radius 2 is 1.97 bits per heavy atom. The van der Waals surface area contributed by atoms with Crippen LogP contribution in [0, 0.1) is 0 Å². The summed E-state index contributed by atoms with van der Waals surface area (Å²) < 4.78 is 13.4. The second-order valence-corrected chi connectivity index (χ2v) is 8.31. The van der Waals surface area contributed by atoms with Crippen molar-refractivity contribution in [2.45, 2.75) is 18.6 Å². The summed E-state index contributed by atoms with van der Waals surface area (Å²) in [7, 11) is 0. The lowest BCUT2D eigenvalue weighted by atomic mass is 10.1. The number of para-hydroxylation sites is 2. The molecule has 2 aliphatic heterocycles. The van der Waals surface area contributed by atoms with Gasteiger partial charge in [0.05, 0.1) is 29.0 Å². The highest BCUT2D eigenvalue weighted by atomic mass is 32.2. The molecule has 2 aromatic carbocycles. The topological polar surface area (TPSA) is 85.7 Å². The number of fused-ring (bicyclic) bond motifs is 2. The van der Waals surface area contributed by atoms with Gasteiger partial charge in [-0.25, -0.2) is 4.98 Å². The van der Waals surface area contributed by atoms with Crippen LogP contribution in [-0.2, 0) is 16.1 Å². The molecule has 3 heterocycles. The summed E-state index contributed by atoms with van der Waals surface area (Å²) >= 11 is 1.37. The number of hydrogen-bond acceptors (Lipinski definition) is 6. The standard InChI is InChI=1S/C23H22N4O4S/c1-2-26-18(15-7-8-19-20(11-15)31-10-9-30-19)12-24-23(26)32-14-22(29)27-13-21(28)25-16-5-3-4-6-17(16)27/h3-8,11-12H,2,9-10,13-14H2,1H3,(H,25,28). The number of carbonyl (C=O) groups is 2. The molecule has 0 saturated carbocycles. The zero-order chi connectivity index (χ0) is 22.1. The molecule has 0 atom stereocenters. The van der Waals surface area contributed by atoms with Gasteiger partial charge in [0, 0.05) is 12.1 Å². The highest BCUT2D eigenvalue weighted by Crippen LogP contribution is 2.36. The van der Waals surface area contributed by atoms with Crippen molar-refractivity contribution in [3.05, 3.63) is 48.7 Å². The molecular formula is C23H22N4O4S. The summed E-state index contributed by atoms with van der Waals surface area (Å²) in [6.45, 7) is 3.85. The maximum atomic E-state index is 13.0. The van der Waals surface area contributed by atoms with Crippen LogP contribution < -0.4 is 19.7 Å². The highest BCUT2D eigenvalue weighted by molar-refractivity contribution is 7.99. The fourth-order valence-corrected chi connectivity index (χ4v) is 4.79. The zero-order valence-corrected chi connectivity index (χ0v) is 18.4. The molecule has 2 amide bonds. The zero-order valence-electron chi connectivity index (χ0n) is 17.5. The van der Waals surface area contributed by atoms with Gasteiger partial charge in [0.25, 0.3) is 0 Å². The van der Waals surface area contributed by atoms with E-state index in [1.54, 1.807) is 6.07 Å². The Balaban J connectivity index is 1.34. The normalized spacial score (nSPS) is 14.7. The maximum absolute atomic E-state index is 13.0. The summed E-state index contributed by atoms with van der Waals surface area (Å²) in [5, 5.41) is 3.56. The minimum atomic E-state index is -0.196. The van der Waals surface area contributed by atoms with Gasteiger partial charge in [-0.2, -0.15) is 0 Å². The van der Waals surface area contributed by atoms with Crippen LogP contribution in [0.2, 0.25) is 0 Å². The quantitative estimate of drug-likeness (QED) is 0.600. The number of hydrogen-bond donors (Lipinski definition) is 1. The summed E-state index contributed by atoms with van der Waals surface area (Å²) in [6, 6.07) is 13.2. The number of imidazole rings is 1. The van der Waals surface area contributed by atoms with Crippen LogP contribution >= 0.6 is 11.8 Å². The lowest BCUT2D eigenvalue weighted by Crippen LogP contribution is -2.43. The fraction of sp³-hybridized carbons (Fsp3) is 0.261. The van der Waals surface area contributed by atoms with Gasteiger partial charge in [-0.15, -0.1) is 0 Å². The van der Waals surface area contributed by atoms with Crippen molar-refractivity contribution < 1.29 is 19.1 Å². The van der Waals surface area contributed by atoms with Gasteiger partial charge in [0.1, 0.15) is 19.8 Å². The summed E-state index contributed by atoms with van der Waals surface area (Å²) in [4.78, 5) is 31.1. The van der Waals surface area contributed by atoms with Crippen LogP contribution in [0.3, 0.4) is 0 Å². The number of ether oxygens (including phenoxy) is 2. The van der Waals surface area contributed by atoms with Crippen LogP contribution in [0.4, 0.5) is 11.4 Å². The first-order chi connectivity index (χ1) is 15.6. The van der Waals surface area contributed by atoms with Crippen LogP contribution in [0.25, 0.3) is 11.3 Å². The lowest BCUT2D eigenvalue weighted by Gasteiger charge is -2.29. The van der Waals surface area contributed by atoms with Gasteiger partial charge in [0.15, 0.2) is 16.7 Å². The van der Waals surface area contributed by atoms with Crippen LogP contribution in [-0.4, -0.2) is 46.9 Å². The highest BCUT2D eigenvalue weighted by Gasteiger charge is 2.27. The van der Waals surface area contributed by atoms with Crippen molar-refractivity contribution in [2.24, 2.45) is 0 Å². The molecule has 1 aromatic heterocycles. The van der Waals surface area contributed by atoms with Crippen LogP contribution in [0.5, 0.6) is 11.5 Å². The maximum Gasteiger partial charge on any atom is 0.244 e. The van der Waals surface area contributed by atoms with Gasteiger partial charge in [-0.3, -0.25) is 9.59 Å². The summed E-state index contributed by atoms with van der Waals surface area (Å²) in [5.41, 5.74) is 3.29. The molecule has 3 aromatic rings. The van der Waals surface area contributed by atoms with Gasteiger partial charge < -0.3 is 24.3 Å². The van der Waals surface area contributed by atoms with Crippen molar-refractivity contribution in [2.75, 3.05) is 35.7 Å². The van der Waals surface area contributed by atoms with E-state index in [2.05, 4.69) is 14.9 Å². The lowest BCUT2D eigenvalue weighted by molar-refractivity contribution is -0.120. The molecule has 9 heteroatoms. The van der Waals surface area contributed by atoms with Crippen molar-refractivity contribution in [1.29, 1.82) is 0 Å². The second kappa shape index (κ2) is 8.58. The second-order valence-electron chi connectivity index (χ2n) is 7.36. The Labute approximate surface area is 189 Å². The average Bonchev–Trinajstić information content (AvgIpc) is 3.24. The number of amides is 2. The average molecular weight is 451 g/mol. The van der Waals surface area contributed by atoms with Gasteiger partial charge in [0.2, 0.25) is 11.8 Å². The Kier molecular flexibility index (Phi) is 5.48. The monoisotopic (exact) mass is 450 g/mol. The van der Waals surface area contributed by atoms with E-state index < -0.39 is 0 Å². The Bertz CT molecular complexity index is 1190. The van der Waals surface area contributed by atoms with Crippen molar-refractivity contribution in [3.63, 3.8) is 0 Å². The van der Waals surface area contributed by atoms with E-state index in [0.29, 0.717) is 31.1 Å². The first kappa shape index (κ1) is 20.4. The fourth-order valence-electron chi connectivity index (χ4n) is 3.87. The molecule has 0 saturated heterocycles. The molecule has 0 radical (unpaired) electrons. The molecule has 0 bridgehead atoms. The van der Waals surface area contributed by atoms with Gasteiger partial charge in [-0.1, -0.05) is 23.9 Å². The number of nitrogens with zero attached hydrogens (tertiary/aromatic N) is 3. The summed E-state index contributed by atoms with van der Waals surface area (Å²) in [6.07, 6.45) is 1.81. The van der Waals surface area contributed by atoms with Crippen molar-refractivity contribution in [3.8, 4) is 22.8 Å². The predicted octanol–water partition coefficient (Wildman–Crippen LogP) is 3.42. The molecule has 0 fully saturated rings. The number of nitrogens with one attached hydrogen (secondary N) is 1. The van der Waals surface area contributed by atoms with E-state index >= 15 is 0 Å². The molecule has 0 unspecified atom stereocenters. The Hall–Kier alpha value is -3.46. The van der Waals surface area contributed by atoms with E-state index in [0.717, 1.165) is 27.9 Å². The smallest absolute Gasteiger partial charge is 0.244 e.